The number of rotatable bonds is 6. The van der Waals surface area contributed by atoms with E-state index in [0.29, 0.717) is 23.7 Å². The van der Waals surface area contributed by atoms with E-state index in [2.05, 4.69) is 10.3 Å². The van der Waals surface area contributed by atoms with Crippen molar-refractivity contribution in [3.05, 3.63) is 54.0 Å². The summed E-state index contributed by atoms with van der Waals surface area (Å²) >= 11 is 0. The minimum atomic E-state index is -0.442. The van der Waals surface area contributed by atoms with Gasteiger partial charge >= 0.3 is 5.97 Å². The first-order valence-electron chi connectivity index (χ1n) is 7.39. The topological polar surface area (TPSA) is 71.5 Å². The number of esters is 1. The van der Waals surface area contributed by atoms with Crippen LogP contribution in [-0.2, 0) is 9.53 Å². The van der Waals surface area contributed by atoms with Crippen LogP contribution in [0.4, 0.5) is 15.9 Å². The van der Waals surface area contributed by atoms with Crippen molar-refractivity contribution in [1.82, 2.24) is 4.98 Å². The van der Waals surface area contributed by atoms with Crippen LogP contribution in [0.3, 0.4) is 0 Å². The fourth-order valence-electron chi connectivity index (χ4n) is 2.01. The molecule has 126 valence electrons. The van der Waals surface area contributed by atoms with Crippen LogP contribution >= 0.6 is 0 Å². The summed E-state index contributed by atoms with van der Waals surface area (Å²) in [6, 6.07) is 8.88. The number of halogens is 1. The average molecular weight is 331 g/mol. The van der Waals surface area contributed by atoms with Gasteiger partial charge in [0.15, 0.2) is 0 Å². The Hall–Kier alpha value is -2.96. The van der Waals surface area contributed by atoms with Gasteiger partial charge in [-0.2, -0.15) is 0 Å². The predicted octanol–water partition coefficient (Wildman–Crippen LogP) is 2.47. The molecule has 1 amide bonds. The molecule has 2 aromatic rings. The number of likely N-dealkylation sites (N-methyl/N-ethyl adjacent to an activating group) is 1. The molecule has 0 bridgehead atoms. The summed E-state index contributed by atoms with van der Waals surface area (Å²) < 4.78 is 18.0. The van der Waals surface area contributed by atoms with Crippen LogP contribution in [0.2, 0.25) is 0 Å². The molecule has 1 aromatic heterocycles. The van der Waals surface area contributed by atoms with E-state index in [1.165, 1.54) is 24.4 Å². The maximum absolute atomic E-state index is 13.1. The lowest BCUT2D eigenvalue weighted by Crippen LogP contribution is -2.30. The second kappa shape index (κ2) is 8.05. The lowest BCUT2D eigenvalue weighted by atomic mass is 10.3. The van der Waals surface area contributed by atoms with Crippen molar-refractivity contribution < 1.29 is 18.7 Å². The highest BCUT2D eigenvalue weighted by Gasteiger charge is 2.11. The Morgan fingerprint density at radius 1 is 1.29 bits per heavy atom. The van der Waals surface area contributed by atoms with Gasteiger partial charge in [0.25, 0.3) is 0 Å². The van der Waals surface area contributed by atoms with Crippen LogP contribution in [0, 0.1) is 5.82 Å². The van der Waals surface area contributed by atoms with E-state index in [0.717, 1.165) is 0 Å². The van der Waals surface area contributed by atoms with Gasteiger partial charge in [0.2, 0.25) is 5.91 Å². The molecular formula is C17H18FN3O3. The molecule has 0 saturated carbocycles. The molecule has 6 nitrogen and oxygen atoms in total. The normalized spacial score (nSPS) is 10.1. The van der Waals surface area contributed by atoms with Crippen LogP contribution in [0.1, 0.15) is 17.3 Å². The summed E-state index contributed by atoms with van der Waals surface area (Å²) in [5.41, 5.74) is 0.734. The molecule has 0 aliphatic heterocycles. The lowest BCUT2D eigenvalue weighted by molar-refractivity contribution is -0.114. The van der Waals surface area contributed by atoms with Crippen molar-refractivity contribution in [2.75, 3.05) is 30.4 Å². The molecule has 1 aromatic carbocycles. The van der Waals surface area contributed by atoms with Crippen LogP contribution < -0.4 is 10.2 Å². The summed E-state index contributed by atoms with van der Waals surface area (Å²) in [5, 5.41) is 2.61. The molecular weight excluding hydrogens is 313 g/mol. The Morgan fingerprint density at radius 2 is 2.08 bits per heavy atom. The first-order valence-corrected chi connectivity index (χ1v) is 7.39. The smallest absolute Gasteiger partial charge is 0.339 e. The van der Waals surface area contributed by atoms with Gasteiger partial charge in [0.05, 0.1) is 18.7 Å². The summed E-state index contributed by atoms with van der Waals surface area (Å²) in [4.78, 5) is 29.3. The second-order valence-corrected chi connectivity index (χ2v) is 5.04. The highest BCUT2D eigenvalue weighted by Crippen LogP contribution is 2.12. The van der Waals surface area contributed by atoms with Gasteiger partial charge in [0.1, 0.15) is 11.6 Å². The van der Waals surface area contributed by atoms with E-state index < -0.39 is 11.8 Å². The molecule has 1 heterocycles. The van der Waals surface area contributed by atoms with Crippen LogP contribution in [0.5, 0.6) is 0 Å². The Kier molecular flexibility index (Phi) is 5.83. The maximum atomic E-state index is 13.1. The zero-order valence-electron chi connectivity index (χ0n) is 13.5. The number of benzene rings is 1. The molecule has 7 heteroatoms. The molecule has 0 saturated heterocycles. The highest BCUT2D eigenvalue weighted by atomic mass is 19.1. The van der Waals surface area contributed by atoms with Gasteiger partial charge in [-0.25, -0.2) is 14.2 Å². The fraction of sp³-hybridized carbons (Fsp3) is 0.235. The second-order valence-electron chi connectivity index (χ2n) is 5.04. The van der Waals surface area contributed by atoms with Gasteiger partial charge < -0.3 is 15.0 Å². The standard InChI is InChI=1S/C17H18FN3O3/c1-3-24-17(23)12-7-8-15(19-10-12)21(2)11-16(22)20-14-6-4-5-13(18)9-14/h4-10H,3,11H2,1-2H3,(H,20,22). The summed E-state index contributed by atoms with van der Waals surface area (Å²) in [6.07, 6.45) is 1.40. The van der Waals surface area contributed by atoms with Crippen LogP contribution in [0.15, 0.2) is 42.6 Å². The highest BCUT2D eigenvalue weighted by molar-refractivity contribution is 5.94. The van der Waals surface area contributed by atoms with E-state index in [4.69, 9.17) is 4.74 Å². The third-order valence-corrected chi connectivity index (χ3v) is 3.14. The third-order valence-electron chi connectivity index (χ3n) is 3.14. The number of hydrogen-bond acceptors (Lipinski definition) is 5. The number of anilines is 2. The quantitative estimate of drug-likeness (QED) is 0.823. The van der Waals surface area contributed by atoms with Crippen molar-refractivity contribution >= 4 is 23.4 Å². The summed E-state index contributed by atoms with van der Waals surface area (Å²) in [5.74, 6) is -0.641. The van der Waals surface area contributed by atoms with Gasteiger partial charge in [-0.05, 0) is 37.3 Å². The molecule has 1 N–H and O–H groups in total. The molecule has 0 aliphatic carbocycles. The Balaban J connectivity index is 1.95. The number of nitrogens with zero attached hydrogens (tertiary/aromatic N) is 2. The van der Waals surface area contributed by atoms with Crippen molar-refractivity contribution in [3.63, 3.8) is 0 Å². The number of amides is 1. The number of aromatic nitrogens is 1. The van der Waals surface area contributed by atoms with E-state index in [9.17, 15) is 14.0 Å². The molecule has 0 radical (unpaired) electrons. The van der Waals surface area contributed by atoms with E-state index in [1.807, 2.05) is 0 Å². The summed E-state index contributed by atoms with van der Waals surface area (Å²) in [7, 11) is 1.69. The van der Waals surface area contributed by atoms with E-state index in [1.54, 1.807) is 37.1 Å². The largest absolute Gasteiger partial charge is 0.462 e. The minimum Gasteiger partial charge on any atom is -0.462 e. The van der Waals surface area contributed by atoms with Crippen LogP contribution in [0.25, 0.3) is 0 Å². The van der Waals surface area contributed by atoms with Gasteiger partial charge in [-0.3, -0.25) is 4.79 Å². The van der Waals surface area contributed by atoms with E-state index in [-0.39, 0.29) is 12.5 Å². The number of ether oxygens (including phenoxy) is 1. The number of hydrogen-bond donors (Lipinski definition) is 1. The van der Waals surface area contributed by atoms with E-state index >= 15 is 0 Å². The Bertz CT molecular complexity index is 719. The lowest BCUT2D eigenvalue weighted by Gasteiger charge is -2.17. The van der Waals surface area contributed by atoms with Gasteiger partial charge in [0, 0.05) is 18.9 Å². The Morgan fingerprint density at radius 3 is 2.71 bits per heavy atom. The molecule has 2 rings (SSSR count). The number of pyridine rings is 1. The van der Waals surface area contributed by atoms with Crippen molar-refractivity contribution in [2.45, 2.75) is 6.92 Å². The molecule has 0 atom stereocenters. The zero-order valence-corrected chi connectivity index (χ0v) is 13.5. The predicted molar refractivity (Wildman–Crippen MR) is 88.5 cm³/mol. The third kappa shape index (κ3) is 4.77. The Labute approximate surface area is 139 Å². The molecule has 0 aliphatic rings. The maximum Gasteiger partial charge on any atom is 0.339 e. The number of carbonyl (C=O) groups excluding carboxylic acids is 2. The van der Waals surface area contributed by atoms with Gasteiger partial charge in [-0.15, -0.1) is 0 Å². The zero-order chi connectivity index (χ0) is 17.5. The molecule has 0 spiro atoms. The van der Waals surface area contributed by atoms with Gasteiger partial charge in [-0.1, -0.05) is 6.07 Å². The average Bonchev–Trinajstić information content (AvgIpc) is 2.55. The molecule has 24 heavy (non-hydrogen) atoms. The first kappa shape index (κ1) is 17.4. The monoisotopic (exact) mass is 331 g/mol. The van der Waals surface area contributed by atoms with Crippen molar-refractivity contribution in [2.24, 2.45) is 0 Å². The SMILES string of the molecule is CCOC(=O)c1ccc(N(C)CC(=O)Nc2cccc(F)c2)nc1. The van der Waals surface area contributed by atoms with Crippen molar-refractivity contribution in [1.29, 1.82) is 0 Å². The minimum absolute atomic E-state index is 0.0300. The number of nitrogens with one attached hydrogen (secondary N) is 1. The van der Waals surface area contributed by atoms with Crippen LogP contribution in [-0.4, -0.2) is 37.1 Å². The van der Waals surface area contributed by atoms with Crippen molar-refractivity contribution in [3.8, 4) is 0 Å². The molecule has 0 unspecified atom stereocenters. The molecule has 0 fully saturated rings. The fourth-order valence-corrected chi connectivity index (χ4v) is 2.01. The first-order chi connectivity index (χ1) is 11.5. The number of carbonyl (C=O) groups is 2. The summed E-state index contributed by atoms with van der Waals surface area (Å²) in [6.45, 7) is 2.05.